The molecule has 0 saturated heterocycles. The van der Waals surface area contributed by atoms with Gasteiger partial charge in [0.25, 0.3) is 0 Å². The van der Waals surface area contributed by atoms with E-state index in [2.05, 4.69) is 22.9 Å². The second kappa shape index (κ2) is 14.1. The molecule has 0 radical (unpaired) electrons. The Bertz CT molecular complexity index is 288. The van der Waals surface area contributed by atoms with E-state index in [9.17, 15) is 4.79 Å². The highest BCUT2D eigenvalue weighted by molar-refractivity contribution is 9.09. The van der Waals surface area contributed by atoms with E-state index in [-0.39, 0.29) is 0 Å². The highest BCUT2D eigenvalue weighted by Gasteiger charge is 2.22. The normalized spacial score (nSPS) is 21.1. The van der Waals surface area contributed by atoms with Crippen molar-refractivity contribution in [3.8, 4) is 0 Å². The maximum atomic E-state index is 11.6. The fourth-order valence-electron chi connectivity index (χ4n) is 3.30. The van der Waals surface area contributed by atoms with Crippen molar-refractivity contribution in [1.82, 2.24) is 0 Å². The minimum absolute atomic E-state index is 0.476. The molecule has 0 spiro atoms. The highest BCUT2D eigenvalue weighted by Crippen LogP contribution is 2.32. The first kappa shape index (κ1) is 20.8. The topological polar surface area (TPSA) is 35.5 Å². The summed E-state index contributed by atoms with van der Waals surface area (Å²) in [7, 11) is 0. The third kappa shape index (κ3) is 11.0. The lowest BCUT2D eigenvalue weighted by Crippen LogP contribution is -2.21. The van der Waals surface area contributed by atoms with Crippen LogP contribution in [-0.4, -0.2) is 24.7 Å². The first-order chi connectivity index (χ1) is 11.3. The number of hydrogen-bond donors (Lipinski definition) is 0. The van der Waals surface area contributed by atoms with E-state index in [1.54, 1.807) is 0 Å². The number of ether oxygens (including phenoxy) is 2. The van der Waals surface area contributed by atoms with Crippen LogP contribution in [0.25, 0.3) is 0 Å². The van der Waals surface area contributed by atoms with Gasteiger partial charge in [0.15, 0.2) is 0 Å². The molecule has 0 N–H and O–H groups in total. The lowest BCUT2D eigenvalue weighted by atomic mass is 9.80. The van der Waals surface area contributed by atoms with Crippen LogP contribution in [0.5, 0.6) is 0 Å². The van der Waals surface area contributed by atoms with E-state index in [1.165, 1.54) is 64.2 Å². The van der Waals surface area contributed by atoms with E-state index < -0.39 is 6.16 Å². The Labute approximate surface area is 151 Å². The SMILES string of the molecule is CCCCCC1CCC(COC(=O)OCCCCCCBr)CC1. The molecule has 3 nitrogen and oxygen atoms in total. The van der Waals surface area contributed by atoms with Gasteiger partial charge in [-0.1, -0.05) is 74.2 Å². The molecule has 0 bridgehead atoms. The van der Waals surface area contributed by atoms with Crippen molar-refractivity contribution >= 4 is 22.1 Å². The lowest BCUT2D eigenvalue weighted by Gasteiger charge is -2.28. The number of hydrogen-bond acceptors (Lipinski definition) is 3. The van der Waals surface area contributed by atoms with Crippen LogP contribution >= 0.6 is 15.9 Å². The molecule has 0 aromatic carbocycles. The van der Waals surface area contributed by atoms with E-state index >= 15 is 0 Å². The maximum Gasteiger partial charge on any atom is 0.508 e. The smallest absolute Gasteiger partial charge is 0.434 e. The predicted octanol–water partition coefficient (Wildman–Crippen LogP) is 6.48. The molecule has 1 rings (SSSR count). The third-order valence-electron chi connectivity index (χ3n) is 4.87. The Morgan fingerprint density at radius 1 is 0.913 bits per heavy atom. The largest absolute Gasteiger partial charge is 0.508 e. The zero-order chi connectivity index (χ0) is 16.8. The van der Waals surface area contributed by atoms with Gasteiger partial charge in [0.1, 0.15) is 0 Å². The summed E-state index contributed by atoms with van der Waals surface area (Å²) < 4.78 is 10.4. The van der Waals surface area contributed by atoms with Gasteiger partial charge in [-0.3, -0.25) is 0 Å². The minimum Gasteiger partial charge on any atom is -0.434 e. The van der Waals surface area contributed by atoms with Gasteiger partial charge in [0.2, 0.25) is 0 Å². The molecule has 1 fully saturated rings. The minimum atomic E-state index is -0.476. The quantitative estimate of drug-likeness (QED) is 0.217. The van der Waals surface area contributed by atoms with Crippen LogP contribution in [0.15, 0.2) is 0 Å². The van der Waals surface area contributed by atoms with E-state index in [0.29, 0.717) is 19.1 Å². The molecule has 0 atom stereocenters. The molecule has 0 unspecified atom stereocenters. The van der Waals surface area contributed by atoms with E-state index in [4.69, 9.17) is 9.47 Å². The zero-order valence-electron chi connectivity index (χ0n) is 14.9. The van der Waals surface area contributed by atoms with Crippen LogP contribution < -0.4 is 0 Å². The van der Waals surface area contributed by atoms with E-state index in [1.807, 2.05) is 0 Å². The summed E-state index contributed by atoms with van der Waals surface area (Å²) >= 11 is 3.41. The Balaban J connectivity index is 1.96. The number of rotatable bonds is 12. The molecule has 23 heavy (non-hydrogen) atoms. The van der Waals surface area contributed by atoms with Crippen LogP contribution in [0.4, 0.5) is 4.79 Å². The molecule has 0 aromatic rings. The summed E-state index contributed by atoms with van der Waals surface area (Å²) in [6, 6.07) is 0. The van der Waals surface area contributed by atoms with Crippen molar-refractivity contribution in [2.45, 2.75) is 84.0 Å². The molecule has 0 aliphatic heterocycles. The van der Waals surface area contributed by atoms with Crippen molar-refractivity contribution in [3.05, 3.63) is 0 Å². The van der Waals surface area contributed by atoms with Gasteiger partial charge in [0, 0.05) is 5.33 Å². The van der Waals surface area contributed by atoms with Gasteiger partial charge in [-0.15, -0.1) is 0 Å². The summed E-state index contributed by atoms with van der Waals surface area (Å²) in [6.45, 7) is 3.30. The average Bonchev–Trinajstić information content (AvgIpc) is 2.57. The highest BCUT2D eigenvalue weighted by atomic mass is 79.9. The summed E-state index contributed by atoms with van der Waals surface area (Å²) in [4.78, 5) is 11.6. The number of alkyl halides is 1. The molecule has 0 heterocycles. The molecule has 0 amide bonds. The van der Waals surface area contributed by atoms with Gasteiger partial charge in [-0.2, -0.15) is 0 Å². The zero-order valence-corrected chi connectivity index (χ0v) is 16.5. The second-order valence-electron chi connectivity index (χ2n) is 6.90. The van der Waals surface area contributed by atoms with Crippen molar-refractivity contribution in [2.24, 2.45) is 11.8 Å². The Hall–Kier alpha value is -0.250. The molecule has 1 aliphatic rings. The van der Waals surface area contributed by atoms with Gasteiger partial charge in [-0.05, 0) is 37.5 Å². The summed E-state index contributed by atoms with van der Waals surface area (Å²) in [5.74, 6) is 1.45. The van der Waals surface area contributed by atoms with Crippen molar-refractivity contribution in [3.63, 3.8) is 0 Å². The maximum absolute atomic E-state index is 11.6. The standard InChI is InChI=1S/C19H35BrO3/c1-2-3-6-9-17-10-12-18(13-11-17)16-23-19(21)22-15-8-5-4-7-14-20/h17-18H,2-16H2,1H3. The summed E-state index contributed by atoms with van der Waals surface area (Å²) in [6.07, 6.45) is 14.4. The van der Waals surface area contributed by atoms with E-state index in [0.717, 1.165) is 24.1 Å². The second-order valence-corrected chi connectivity index (χ2v) is 7.69. The fraction of sp³-hybridized carbons (Fsp3) is 0.947. The van der Waals surface area contributed by atoms with Crippen LogP contribution in [0.1, 0.15) is 84.0 Å². The molecule has 0 aromatic heterocycles. The first-order valence-corrected chi connectivity index (χ1v) is 10.7. The van der Waals surface area contributed by atoms with Crippen LogP contribution in [-0.2, 0) is 9.47 Å². The number of unbranched alkanes of at least 4 members (excludes halogenated alkanes) is 5. The molecule has 1 aliphatic carbocycles. The molecule has 136 valence electrons. The van der Waals surface area contributed by atoms with Crippen molar-refractivity contribution in [1.29, 1.82) is 0 Å². The molecular formula is C19H35BrO3. The molecular weight excluding hydrogens is 356 g/mol. The predicted molar refractivity (Wildman–Crippen MR) is 99.2 cm³/mol. The summed E-state index contributed by atoms with van der Waals surface area (Å²) in [5, 5.41) is 1.05. The number of carbonyl (C=O) groups excluding carboxylic acids is 1. The Morgan fingerprint density at radius 3 is 2.30 bits per heavy atom. The Kier molecular flexibility index (Phi) is 12.8. The fourth-order valence-corrected chi connectivity index (χ4v) is 3.70. The van der Waals surface area contributed by atoms with Gasteiger partial charge in [-0.25, -0.2) is 4.79 Å². The van der Waals surface area contributed by atoms with Gasteiger partial charge in [0.05, 0.1) is 13.2 Å². The number of halogens is 1. The summed E-state index contributed by atoms with van der Waals surface area (Å²) in [5.41, 5.74) is 0. The average molecular weight is 391 g/mol. The number of carbonyl (C=O) groups is 1. The van der Waals surface area contributed by atoms with Crippen molar-refractivity contribution in [2.75, 3.05) is 18.5 Å². The lowest BCUT2D eigenvalue weighted by molar-refractivity contribution is 0.0363. The monoisotopic (exact) mass is 390 g/mol. The Morgan fingerprint density at radius 2 is 1.61 bits per heavy atom. The molecule has 4 heteroatoms. The van der Waals surface area contributed by atoms with Crippen LogP contribution in [0, 0.1) is 11.8 Å². The van der Waals surface area contributed by atoms with Crippen LogP contribution in [0.2, 0.25) is 0 Å². The first-order valence-electron chi connectivity index (χ1n) is 9.61. The van der Waals surface area contributed by atoms with Crippen LogP contribution in [0.3, 0.4) is 0 Å². The van der Waals surface area contributed by atoms with Crippen molar-refractivity contribution < 1.29 is 14.3 Å². The van der Waals surface area contributed by atoms with Gasteiger partial charge >= 0.3 is 6.16 Å². The molecule has 1 saturated carbocycles. The van der Waals surface area contributed by atoms with Gasteiger partial charge < -0.3 is 9.47 Å². The third-order valence-corrected chi connectivity index (χ3v) is 5.43.